The average molecular weight is 436 g/mol. The number of nitrogens with zero attached hydrogens (tertiary/aromatic N) is 4. The van der Waals surface area contributed by atoms with E-state index in [4.69, 9.17) is 0 Å². The Labute approximate surface area is 175 Å². The number of rotatable bonds is 9. The molecule has 10 heteroatoms. The molecule has 1 amide bonds. The minimum atomic E-state index is -3.59. The molecule has 1 aliphatic carbocycles. The minimum Gasteiger partial charge on any atom is -0.325 e. The van der Waals surface area contributed by atoms with Crippen molar-refractivity contribution in [2.45, 2.75) is 42.3 Å². The van der Waals surface area contributed by atoms with E-state index >= 15 is 0 Å². The van der Waals surface area contributed by atoms with Crippen LogP contribution in [0.4, 0.5) is 5.69 Å². The first-order valence-electron chi connectivity index (χ1n) is 9.24. The Bertz CT molecular complexity index is 1030. The average Bonchev–Trinajstić information content (AvgIpc) is 3.43. The van der Waals surface area contributed by atoms with Gasteiger partial charge in [-0.15, -0.1) is 16.8 Å². The third-order valence-electron chi connectivity index (χ3n) is 4.56. The van der Waals surface area contributed by atoms with Crippen molar-refractivity contribution in [2.75, 3.05) is 25.2 Å². The number of aryl methyl sites for hydroxylation is 1. The van der Waals surface area contributed by atoms with Crippen molar-refractivity contribution in [1.29, 1.82) is 0 Å². The summed E-state index contributed by atoms with van der Waals surface area (Å²) < 4.78 is 28.0. The van der Waals surface area contributed by atoms with E-state index in [2.05, 4.69) is 22.1 Å². The minimum absolute atomic E-state index is 0.142. The number of sulfonamides is 1. The van der Waals surface area contributed by atoms with E-state index in [-0.39, 0.29) is 16.6 Å². The lowest BCUT2D eigenvalue weighted by Gasteiger charge is -2.15. The van der Waals surface area contributed by atoms with Crippen molar-refractivity contribution in [3.8, 4) is 0 Å². The molecule has 3 rings (SSSR count). The summed E-state index contributed by atoms with van der Waals surface area (Å²) in [4.78, 5) is 12.6. The molecule has 1 heterocycles. The van der Waals surface area contributed by atoms with E-state index < -0.39 is 10.0 Å². The monoisotopic (exact) mass is 435 g/mol. The number of carbonyl (C=O) groups is 1. The third kappa shape index (κ3) is 4.88. The Morgan fingerprint density at radius 1 is 1.38 bits per heavy atom. The van der Waals surface area contributed by atoms with Gasteiger partial charge in [-0.3, -0.25) is 4.79 Å². The Morgan fingerprint density at radius 2 is 2.10 bits per heavy atom. The molecule has 1 aromatic carbocycles. The first-order chi connectivity index (χ1) is 13.7. The molecule has 0 radical (unpaired) electrons. The number of thioether (sulfide) groups is 1. The Balaban J connectivity index is 1.68. The van der Waals surface area contributed by atoms with Crippen LogP contribution in [0, 0.1) is 6.92 Å². The molecule has 1 N–H and O–H groups in total. The van der Waals surface area contributed by atoms with Gasteiger partial charge in [-0.2, -0.15) is 0 Å². The second-order valence-electron chi connectivity index (χ2n) is 7.12. The molecule has 2 aromatic rings. The molecule has 0 aliphatic heterocycles. The smallest absolute Gasteiger partial charge is 0.242 e. The molecular weight excluding hydrogens is 410 g/mol. The lowest BCUT2D eigenvalue weighted by Crippen LogP contribution is -2.23. The van der Waals surface area contributed by atoms with Gasteiger partial charge < -0.3 is 9.88 Å². The van der Waals surface area contributed by atoms with Crippen molar-refractivity contribution in [1.82, 2.24) is 19.1 Å². The largest absolute Gasteiger partial charge is 0.325 e. The molecule has 0 spiro atoms. The van der Waals surface area contributed by atoms with E-state index in [1.165, 1.54) is 31.9 Å². The zero-order valence-corrected chi connectivity index (χ0v) is 18.4. The van der Waals surface area contributed by atoms with Crippen molar-refractivity contribution < 1.29 is 13.2 Å². The lowest BCUT2D eigenvalue weighted by molar-refractivity contribution is -0.113. The number of allylic oxidation sites excluding steroid dienone is 1. The number of hydrogen-bond donors (Lipinski definition) is 1. The highest BCUT2D eigenvalue weighted by atomic mass is 32.2. The van der Waals surface area contributed by atoms with Gasteiger partial charge in [0.15, 0.2) is 5.16 Å². The quantitative estimate of drug-likeness (QED) is 0.480. The number of hydrogen-bond acceptors (Lipinski definition) is 6. The van der Waals surface area contributed by atoms with Crippen LogP contribution in [0.2, 0.25) is 0 Å². The second kappa shape index (κ2) is 8.68. The number of anilines is 1. The molecule has 0 saturated heterocycles. The number of nitrogens with one attached hydrogen (secondary N) is 1. The van der Waals surface area contributed by atoms with Gasteiger partial charge in [0.2, 0.25) is 15.9 Å². The summed E-state index contributed by atoms with van der Waals surface area (Å²) in [6.07, 6.45) is 4.02. The first kappa shape index (κ1) is 21.5. The van der Waals surface area contributed by atoms with Gasteiger partial charge in [-0.25, -0.2) is 12.7 Å². The van der Waals surface area contributed by atoms with E-state index in [9.17, 15) is 13.2 Å². The maximum atomic E-state index is 12.4. The Hall–Kier alpha value is -2.17. The van der Waals surface area contributed by atoms with Crippen LogP contribution in [-0.4, -0.2) is 53.2 Å². The zero-order valence-electron chi connectivity index (χ0n) is 16.8. The molecule has 0 unspecified atom stereocenters. The maximum Gasteiger partial charge on any atom is 0.242 e. The van der Waals surface area contributed by atoms with Crippen LogP contribution in [0.25, 0.3) is 0 Å². The maximum absolute atomic E-state index is 12.4. The van der Waals surface area contributed by atoms with Crippen LogP contribution < -0.4 is 5.32 Å². The van der Waals surface area contributed by atoms with Gasteiger partial charge in [0.05, 0.1) is 10.6 Å². The van der Waals surface area contributed by atoms with E-state index in [0.29, 0.717) is 28.9 Å². The summed E-state index contributed by atoms with van der Waals surface area (Å²) in [5, 5.41) is 11.9. The predicted octanol–water partition coefficient (Wildman–Crippen LogP) is 2.63. The molecule has 1 aliphatic rings. The summed E-state index contributed by atoms with van der Waals surface area (Å²) in [5.74, 6) is 1.30. The summed E-state index contributed by atoms with van der Waals surface area (Å²) in [6, 6.07) is 4.86. The van der Waals surface area contributed by atoms with Crippen molar-refractivity contribution in [2.24, 2.45) is 0 Å². The van der Waals surface area contributed by atoms with Crippen LogP contribution in [0.1, 0.15) is 30.1 Å². The molecule has 29 heavy (non-hydrogen) atoms. The molecular formula is C19H25N5O3S2. The highest BCUT2D eigenvalue weighted by Gasteiger charge is 2.30. The van der Waals surface area contributed by atoms with Crippen LogP contribution in [-0.2, 0) is 21.4 Å². The van der Waals surface area contributed by atoms with Crippen molar-refractivity contribution in [3.05, 3.63) is 42.2 Å². The Morgan fingerprint density at radius 3 is 2.72 bits per heavy atom. The normalized spacial score (nSPS) is 14.2. The number of aromatic nitrogens is 3. The molecule has 156 valence electrons. The highest BCUT2D eigenvalue weighted by Crippen LogP contribution is 2.40. The molecule has 1 aromatic heterocycles. The van der Waals surface area contributed by atoms with Gasteiger partial charge in [0, 0.05) is 32.2 Å². The van der Waals surface area contributed by atoms with E-state index in [0.717, 1.165) is 23.0 Å². The molecule has 0 bridgehead atoms. The molecule has 8 nitrogen and oxygen atoms in total. The van der Waals surface area contributed by atoms with Crippen LogP contribution in [0.3, 0.4) is 0 Å². The van der Waals surface area contributed by atoms with E-state index in [1.807, 2.05) is 4.57 Å². The topological polar surface area (TPSA) is 97.2 Å². The van der Waals surface area contributed by atoms with Gasteiger partial charge in [-0.1, -0.05) is 23.9 Å². The van der Waals surface area contributed by atoms with Gasteiger partial charge in [0.1, 0.15) is 5.82 Å². The van der Waals surface area contributed by atoms with Crippen molar-refractivity contribution in [3.63, 3.8) is 0 Å². The molecule has 1 saturated carbocycles. The fourth-order valence-electron chi connectivity index (χ4n) is 2.83. The number of benzene rings is 1. The summed E-state index contributed by atoms with van der Waals surface area (Å²) in [7, 11) is -0.630. The van der Waals surface area contributed by atoms with Gasteiger partial charge >= 0.3 is 0 Å². The van der Waals surface area contributed by atoms with Gasteiger partial charge in [0.25, 0.3) is 0 Å². The van der Waals surface area contributed by atoms with Crippen molar-refractivity contribution >= 4 is 33.4 Å². The molecule has 1 fully saturated rings. The fraction of sp³-hybridized carbons (Fsp3) is 0.421. The van der Waals surface area contributed by atoms with E-state index in [1.54, 1.807) is 25.1 Å². The van der Waals surface area contributed by atoms with Crippen LogP contribution in [0.5, 0.6) is 0 Å². The standard InChI is InChI=1S/C19H25N5O3S2/c1-5-10-24-18(14-7-8-14)21-22-19(24)28-12-17(25)20-15-9-6-13(2)16(11-15)29(26,27)23(3)4/h5-6,9,11,14H,1,7-8,10,12H2,2-4H3,(H,20,25). The van der Waals surface area contributed by atoms with Crippen LogP contribution in [0.15, 0.2) is 40.9 Å². The highest BCUT2D eigenvalue weighted by molar-refractivity contribution is 7.99. The second-order valence-corrected chi connectivity index (χ2v) is 10.2. The zero-order chi connectivity index (χ0) is 21.2. The Kier molecular flexibility index (Phi) is 6.45. The number of carbonyl (C=O) groups excluding carboxylic acids is 1. The first-order valence-corrected chi connectivity index (χ1v) is 11.7. The fourth-order valence-corrected chi connectivity index (χ4v) is 4.73. The summed E-state index contributed by atoms with van der Waals surface area (Å²) in [5.41, 5.74) is 1.06. The lowest BCUT2D eigenvalue weighted by atomic mass is 10.2. The SMILES string of the molecule is C=CCn1c(SCC(=O)Nc2ccc(C)c(S(=O)(=O)N(C)C)c2)nnc1C1CC1. The van der Waals surface area contributed by atoms with Gasteiger partial charge in [-0.05, 0) is 37.5 Å². The summed E-state index contributed by atoms with van der Waals surface area (Å²) in [6.45, 7) is 6.11. The molecule has 0 atom stereocenters. The predicted molar refractivity (Wildman–Crippen MR) is 114 cm³/mol. The van der Waals surface area contributed by atoms with Crippen LogP contribution >= 0.6 is 11.8 Å². The third-order valence-corrected chi connectivity index (χ3v) is 7.49. The number of amides is 1. The summed E-state index contributed by atoms with van der Waals surface area (Å²) >= 11 is 1.30.